The molecule has 0 radical (unpaired) electrons. The van der Waals surface area contributed by atoms with Crippen LogP contribution in [0.25, 0.3) is 0 Å². The number of sulfone groups is 1. The maximum absolute atomic E-state index is 12.0. The summed E-state index contributed by atoms with van der Waals surface area (Å²) in [6.45, 7) is 0.879. The fourth-order valence-corrected chi connectivity index (χ4v) is 5.57. The molecule has 1 aliphatic heterocycles. The number of rotatable bonds is 5. The van der Waals surface area contributed by atoms with Gasteiger partial charge in [0, 0.05) is 6.54 Å². The Bertz CT molecular complexity index is 494. The molecule has 0 aromatic rings. The molecule has 8 heteroatoms. The summed E-state index contributed by atoms with van der Waals surface area (Å²) >= 11 is 0. The highest BCUT2D eigenvalue weighted by Crippen LogP contribution is 2.43. The second-order valence-corrected chi connectivity index (χ2v) is 9.77. The Morgan fingerprint density at radius 1 is 1.22 bits per heavy atom. The zero-order valence-corrected chi connectivity index (χ0v) is 11.9. The zero-order chi connectivity index (χ0) is 13.4. The summed E-state index contributed by atoms with van der Waals surface area (Å²) in [6.07, 6.45) is 2.33. The van der Waals surface area contributed by atoms with Crippen LogP contribution in [0.1, 0.15) is 25.7 Å². The van der Waals surface area contributed by atoms with Crippen molar-refractivity contribution in [1.82, 2.24) is 4.72 Å². The van der Waals surface area contributed by atoms with Crippen LogP contribution in [0.2, 0.25) is 0 Å². The summed E-state index contributed by atoms with van der Waals surface area (Å²) < 4.78 is 49.2. The molecule has 0 aromatic carbocycles. The molecule has 0 aromatic heterocycles. The lowest BCUT2D eigenvalue weighted by molar-refractivity contribution is 0.491. The molecule has 0 atom stereocenters. The van der Waals surface area contributed by atoms with Gasteiger partial charge in [0.25, 0.3) is 0 Å². The molecule has 2 fully saturated rings. The number of nitrogens with two attached hydrogens (primary N) is 1. The van der Waals surface area contributed by atoms with E-state index in [9.17, 15) is 16.8 Å². The first-order valence-corrected chi connectivity index (χ1v) is 9.54. The Balaban J connectivity index is 1.91. The monoisotopic (exact) mass is 296 g/mol. The van der Waals surface area contributed by atoms with Gasteiger partial charge in [-0.1, -0.05) is 0 Å². The summed E-state index contributed by atoms with van der Waals surface area (Å²) in [7, 11) is -6.43. The van der Waals surface area contributed by atoms with E-state index in [1.54, 1.807) is 0 Å². The van der Waals surface area contributed by atoms with Crippen LogP contribution in [-0.4, -0.2) is 46.7 Å². The van der Waals surface area contributed by atoms with Gasteiger partial charge in [0.2, 0.25) is 10.0 Å². The van der Waals surface area contributed by atoms with Crippen molar-refractivity contribution in [1.29, 1.82) is 0 Å². The molecule has 1 saturated heterocycles. The molecule has 106 valence electrons. The molecule has 1 aliphatic carbocycles. The molecule has 2 rings (SSSR count). The molecule has 3 N–H and O–H groups in total. The van der Waals surface area contributed by atoms with Gasteiger partial charge in [0.05, 0.1) is 16.8 Å². The third kappa shape index (κ3) is 3.23. The minimum Gasteiger partial charge on any atom is -0.330 e. The average Bonchev–Trinajstić information content (AvgIpc) is 3.07. The van der Waals surface area contributed by atoms with Crippen molar-refractivity contribution in [2.45, 2.75) is 30.9 Å². The first-order chi connectivity index (χ1) is 8.29. The van der Waals surface area contributed by atoms with Crippen molar-refractivity contribution in [3.63, 3.8) is 0 Å². The summed E-state index contributed by atoms with van der Waals surface area (Å²) in [6, 6.07) is 0. The Morgan fingerprint density at radius 2 is 1.78 bits per heavy atom. The van der Waals surface area contributed by atoms with Gasteiger partial charge in [0.1, 0.15) is 9.84 Å². The van der Waals surface area contributed by atoms with Crippen molar-refractivity contribution in [3.05, 3.63) is 0 Å². The van der Waals surface area contributed by atoms with Crippen LogP contribution in [0, 0.1) is 5.41 Å². The first-order valence-electron chi connectivity index (χ1n) is 6.18. The van der Waals surface area contributed by atoms with Crippen LogP contribution in [0.5, 0.6) is 0 Å². The van der Waals surface area contributed by atoms with E-state index in [1.165, 1.54) is 0 Å². The van der Waals surface area contributed by atoms with E-state index in [-0.39, 0.29) is 29.8 Å². The number of hydrogen-bond donors (Lipinski definition) is 2. The second-order valence-electron chi connectivity index (χ2n) is 5.42. The van der Waals surface area contributed by atoms with Crippen molar-refractivity contribution in [3.8, 4) is 0 Å². The number of sulfonamides is 1. The highest BCUT2D eigenvalue weighted by atomic mass is 32.2. The van der Waals surface area contributed by atoms with E-state index in [4.69, 9.17) is 5.73 Å². The van der Waals surface area contributed by atoms with Gasteiger partial charge < -0.3 is 5.73 Å². The second kappa shape index (κ2) is 4.73. The lowest BCUT2D eigenvalue weighted by atomic mass is 10.1. The van der Waals surface area contributed by atoms with E-state index in [1.807, 2.05) is 0 Å². The topological polar surface area (TPSA) is 106 Å². The third-order valence-corrected chi connectivity index (χ3v) is 7.59. The predicted molar refractivity (Wildman–Crippen MR) is 69.3 cm³/mol. The number of nitrogens with one attached hydrogen (secondary N) is 1. The molecule has 0 spiro atoms. The highest BCUT2D eigenvalue weighted by Gasteiger charge is 2.43. The number of hydrogen-bond acceptors (Lipinski definition) is 5. The van der Waals surface area contributed by atoms with Gasteiger partial charge in [0.15, 0.2) is 0 Å². The van der Waals surface area contributed by atoms with Gasteiger partial charge in [-0.3, -0.25) is 0 Å². The van der Waals surface area contributed by atoms with Crippen molar-refractivity contribution < 1.29 is 16.8 Å². The lowest BCUT2D eigenvalue weighted by Crippen LogP contribution is -2.42. The van der Waals surface area contributed by atoms with Crippen molar-refractivity contribution in [2.75, 3.05) is 24.6 Å². The van der Waals surface area contributed by atoms with Gasteiger partial charge in [-0.05, 0) is 37.6 Å². The SMILES string of the molecule is NCC1(CNS(=O)(=O)C2CCS(=O)(=O)CC2)CC1. The smallest absolute Gasteiger partial charge is 0.214 e. The highest BCUT2D eigenvalue weighted by molar-refractivity contribution is 7.92. The van der Waals surface area contributed by atoms with Gasteiger partial charge in [-0.2, -0.15) is 0 Å². The van der Waals surface area contributed by atoms with E-state index in [2.05, 4.69) is 4.72 Å². The normalized spacial score (nSPS) is 26.9. The molecule has 6 nitrogen and oxygen atoms in total. The third-order valence-electron chi connectivity index (χ3n) is 3.98. The van der Waals surface area contributed by atoms with E-state index in [0.717, 1.165) is 12.8 Å². The minimum atomic E-state index is -3.41. The Labute approximate surface area is 108 Å². The average molecular weight is 296 g/mol. The van der Waals surface area contributed by atoms with E-state index in [0.29, 0.717) is 13.1 Å². The van der Waals surface area contributed by atoms with Crippen LogP contribution < -0.4 is 10.5 Å². The maximum Gasteiger partial charge on any atom is 0.214 e. The van der Waals surface area contributed by atoms with Crippen molar-refractivity contribution >= 4 is 19.9 Å². The summed E-state index contributed by atoms with van der Waals surface area (Å²) in [5.41, 5.74) is 5.55. The molecule has 1 heterocycles. The van der Waals surface area contributed by atoms with Gasteiger partial charge in [-0.15, -0.1) is 0 Å². The van der Waals surface area contributed by atoms with E-state index >= 15 is 0 Å². The van der Waals surface area contributed by atoms with Crippen molar-refractivity contribution in [2.24, 2.45) is 11.1 Å². The minimum absolute atomic E-state index is 0.0272. The van der Waals surface area contributed by atoms with Crippen LogP contribution in [0.4, 0.5) is 0 Å². The standard InChI is InChI=1S/C10H20N2O4S2/c11-7-10(3-4-10)8-12-18(15,16)9-1-5-17(13,14)6-2-9/h9,12H,1-8,11H2. The largest absolute Gasteiger partial charge is 0.330 e. The van der Waals surface area contributed by atoms with Crippen LogP contribution >= 0.6 is 0 Å². The van der Waals surface area contributed by atoms with Crippen LogP contribution in [-0.2, 0) is 19.9 Å². The fourth-order valence-electron chi connectivity index (χ4n) is 2.18. The molecular weight excluding hydrogens is 276 g/mol. The molecule has 0 amide bonds. The Kier molecular flexibility index (Phi) is 3.74. The predicted octanol–water partition coefficient (Wildman–Crippen LogP) is -0.778. The molecule has 18 heavy (non-hydrogen) atoms. The van der Waals surface area contributed by atoms with Crippen LogP contribution in [0.15, 0.2) is 0 Å². The van der Waals surface area contributed by atoms with Crippen LogP contribution in [0.3, 0.4) is 0 Å². The summed E-state index contributed by atoms with van der Waals surface area (Å²) in [5.74, 6) is -0.0543. The van der Waals surface area contributed by atoms with Gasteiger partial charge >= 0.3 is 0 Å². The fraction of sp³-hybridized carbons (Fsp3) is 1.00. The Hall–Kier alpha value is -0.180. The van der Waals surface area contributed by atoms with E-state index < -0.39 is 25.1 Å². The molecule has 0 unspecified atom stereocenters. The zero-order valence-electron chi connectivity index (χ0n) is 10.3. The lowest BCUT2D eigenvalue weighted by Gasteiger charge is -2.23. The molecule has 0 bridgehead atoms. The molecular formula is C10H20N2O4S2. The molecule has 1 saturated carbocycles. The molecule has 2 aliphatic rings. The summed E-state index contributed by atoms with van der Waals surface area (Å²) in [5, 5.41) is -0.574. The Morgan fingerprint density at radius 3 is 2.22 bits per heavy atom. The van der Waals surface area contributed by atoms with Gasteiger partial charge in [-0.25, -0.2) is 21.6 Å². The first kappa shape index (κ1) is 14.2. The summed E-state index contributed by atoms with van der Waals surface area (Å²) in [4.78, 5) is 0. The maximum atomic E-state index is 12.0. The quantitative estimate of drug-likeness (QED) is 0.692.